The largest absolute Gasteiger partial charge is 0.298 e. The van der Waals surface area contributed by atoms with Crippen molar-refractivity contribution in [2.24, 2.45) is 11.8 Å². The Morgan fingerprint density at radius 2 is 1.88 bits per heavy atom. The van der Waals surface area contributed by atoms with E-state index in [0.717, 1.165) is 19.6 Å². The lowest BCUT2D eigenvalue weighted by molar-refractivity contribution is -0.502. The maximum atomic E-state index is 10.6. The highest BCUT2D eigenvalue weighted by atomic mass is 16.6. The molecule has 4 heteroatoms. The van der Waals surface area contributed by atoms with Gasteiger partial charge in [0.1, 0.15) is 0 Å². The predicted molar refractivity (Wildman–Crippen MR) is 59.5 cm³/mol. The van der Waals surface area contributed by atoms with Gasteiger partial charge in [0.2, 0.25) is 6.04 Å². The van der Waals surface area contributed by atoms with E-state index in [2.05, 4.69) is 17.0 Å². The fourth-order valence-corrected chi connectivity index (χ4v) is 2.87. The lowest BCUT2D eigenvalue weighted by atomic mass is 10.2. The molecule has 16 heavy (non-hydrogen) atoms. The summed E-state index contributed by atoms with van der Waals surface area (Å²) in [5.74, 6) is 0.637. The van der Waals surface area contributed by atoms with Crippen molar-refractivity contribution in [1.29, 1.82) is 0 Å². The quantitative estimate of drug-likeness (QED) is 0.569. The number of piperidine rings is 1. The molecule has 0 spiro atoms. The second-order valence-electron chi connectivity index (χ2n) is 4.78. The van der Waals surface area contributed by atoms with Crippen molar-refractivity contribution in [3.63, 3.8) is 0 Å². The van der Waals surface area contributed by atoms with Crippen LogP contribution in [0, 0.1) is 22.0 Å². The number of hydrogen-bond acceptors (Lipinski definition) is 3. The average molecular weight is 218 g/mol. The fraction of sp³-hybridized carbons (Fsp3) is 0.500. The molecular weight excluding hydrogens is 204 g/mol. The minimum absolute atomic E-state index is 0.102. The number of nitro groups is 1. The molecule has 1 unspecified atom stereocenters. The SMILES string of the molecule is O=[N+]([O-])C1[C@H]2CN(Cc3ccccc3)C[C@@H]12. The standard InChI is InChI=1S/C12H14N2O2/c15-14(16)12-10-7-13(8-11(10)12)6-9-4-2-1-3-5-9/h1-5,10-12H,6-8H2/t10-,11+,12?. The Hall–Kier alpha value is -1.42. The van der Waals surface area contributed by atoms with E-state index in [1.165, 1.54) is 5.56 Å². The summed E-state index contributed by atoms with van der Waals surface area (Å²) in [6, 6.07) is 10.0. The molecule has 1 aromatic carbocycles. The molecule has 3 rings (SSSR count). The van der Waals surface area contributed by atoms with Crippen molar-refractivity contribution in [3.05, 3.63) is 46.0 Å². The summed E-state index contributed by atoms with van der Waals surface area (Å²) in [7, 11) is 0. The van der Waals surface area contributed by atoms with E-state index < -0.39 is 0 Å². The van der Waals surface area contributed by atoms with Crippen LogP contribution in [0.2, 0.25) is 0 Å². The zero-order valence-corrected chi connectivity index (χ0v) is 8.95. The van der Waals surface area contributed by atoms with E-state index >= 15 is 0 Å². The van der Waals surface area contributed by atoms with Crippen LogP contribution in [0.3, 0.4) is 0 Å². The maximum Gasteiger partial charge on any atom is 0.222 e. The Morgan fingerprint density at radius 1 is 1.25 bits per heavy atom. The minimum atomic E-state index is -0.243. The molecule has 2 fully saturated rings. The molecule has 0 bridgehead atoms. The Labute approximate surface area is 94.0 Å². The van der Waals surface area contributed by atoms with Crippen LogP contribution < -0.4 is 0 Å². The smallest absolute Gasteiger partial charge is 0.222 e. The van der Waals surface area contributed by atoms with E-state index in [4.69, 9.17) is 0 Å². The van der Waals surface area contributed by atoms with Crippen LogP contribution in [0.5, 0.6) is 0 Å². The number of fused-ring (bicyclic) bond motifs is 1. The second kappa shape index (κ2) is 3.56. The van der Waals surface area contributed by atoms with Gasteiger partial charge in [-0.3, -0.25) is 15.0 Å². The first kappa shape index (κ1) is 9.78. The van der Waals surface area contributed by atoms with Gasteiger partial charge >= 0.3 is 0 Å². The Balaban J connectivity index is 1.57. The van der Waals surface area contributed by atoms with Crippen LogP contribution in [0.4, 0.5) is 0 Å². The van der Waals surface area contributed by atoms with Crippen molar-refractivity contribution in [2.75, 3.05) is 13.1 Å². The predicted octanol–water partition coefficient (Wildman–Crippen LogP) is 1.39. The summed E-state index contributed by atoms with van der Waals surface area (Å²) in [4.78, 5) is 12.8. The van der Waals surface area contributed by atoms with Gasteiger partial charge in [-0.15, -0.1) is 0 Å². The van der Waals surface area contributed by atoms with Gasteiger partial charge in [-0.1, -0.05) is 30.3 Å². The molecular formula is C12H14N2O2. The molecule has 4 nitrogen and oxygen atoms in total. The molecule has 0 N–H and O–H groups in total. The number of nitrogens with zero attached hydrogens (tertiary/aromatic N) is 2. The monoisotopic (exact) mass is 218 g/mol. The van der Waals surface area contributed by atoms with E-state index in [1.807, 2.05) is 18.2 Å². The summed E-state index contributed by atoms with van der Waals surface area (Å²) >= 11 is 0. The lowest BCUT2D eigenvalue weighted by Crippen LogP contribution is -2.27. The molecule has 0 radical (unpaired) electrons. The number of likely N-dealkylation sites (tertiary alicyclic amines) is 1. The van der Waals surface area contributed by atoms with Gasteiger partial charge in [0.05, 0.1) is 11.8 Å². The van der Waals surface area contributed by atoms with Gasteiger partial charge in [0.25, 0.3) is 0 Å². The van der Waals surface area contributed by atoms with E-state index in [9.17, 15) is 10.1 Å². The van der Waals surface area contributed by atoms with Gasteiger partial charge in [0.15, 0.2) is 0 Å². The highest BCUT2D eigenvalue weighted by Gasteiger charge is 2.64. The number of hydrogen-bond donors (Lipinski definition) is 0. The van der Waals surface area contributed by atoms with Crippen molar-refractivity contribution >= 4 is 0 Å². The first-order valence-corrected chi connectivity index (χ1v) is 5.65. The van der Waals surface area contributed by atoms with Crippen LogP contribution in [0.15, 0.2) is 30.3 Å². The lowest BCUT2D eigenvalue weighted by Gasteiger charge is -2.17. The van der Waals surface area contributed by atoms with Crippen LogP contribution in [-0.2, 0) is 6.54 Å². The van der Waals surface area contributed by atoms with Crippen molar-refractivity contribution in [1.82, 2.24) is 4.90 Å². The normalized spacial score (nSPS) is 32.4. The van der Waals surface area contributed by atoms with E-state index in [1.54, 1.807) is 0 Å². The van der Waals surface area contributed by atoms with Crippen LogP contribution in [0.25, 0.3) is 0 Å². The summed E-state index contributed by atoms with van der Waals surface area (Å²) in [5.41, 5.74) is 1.29. The van der Waals surface area contributed by atoms with Gasteiger partial charge in [0, 0.05) is 24.6 Å². The Morgan fingerprint density at radius 3 is 2.44 bits per heavy atom. The molecule has 3 atom stereocenters. The van der Waals surface area contributed by atoms with Gasteiger partial charge in [-0.2, -0.15) is 0 Å². The minimum Gasteiger partial charge on any atom is -0.298 e. The Bertz CT molecular complexity index is 395. The summed E-state index contributed by atoms with van der Waals surface area (Å²) in [6.45, 7) is 2.72. The van der Waals surface area contributed by atoms with Gasteiger partial charge in [-0.05, 0) is 5.56 Å². The van der Waals surface area contributed by atoms with E-state index in [0.29, 0.717) is 11.8 Å². The Kier molecular flexibility index (Phi) is 2.17. The van der Waals surface area contributed by atoms with Crippen LogP contribution in [0.1, 0.15) is 5.56 Å². The first-order chi connectivity index (χ1) is 7.75. The fourth-order valence-electron chi connectivity index (χ4n) is 2.87. The third kappa shape index (κ3) is 1.59. The topological polar surface area (TPSA) is 46.4 Å². The first-order valence-electron chi connectivity index (χ1n) is 5.65. The number of rotatable bonds is 3. The van der Waals surface area contributed by atoms with Crippen LogP contribution in [-0.4, -0.2) is 29.0 Å². The van der Waals surface area contributed by atoms with Crippen LogP contribution >= 0.6 is 0 Å². The molecule has 2 aliphatic rings. The molecule has 84 valence electrons. The molecule has 1 saturated heterocycles. The summed E-state index contributed by atoms with van der Waals surface area (Å²) < 4.78 is 0. The zero-order chi connectivity index (χ0) is 11.1. The van der Waals surface area contributed by atoms with Gasteiger partial charge < -0.3 is 0 Å². The molecule has 1 heterocycles. The van der Waals surface area contributed by atoms with Crippen molar-refractivity contribution in [3.8, 4) is 0 Å². The molecule has 1 aromatic rings. The summed E-state index contributed by atoms with van der Waals surface area (Å²) in [6.07, 6.45) is 0. The molecule has 0 amide bonds. The van der Waals surface area contributed by atoms with Crippen molar-refractivity contribution < 1.29 is 4.92 Å². The highest BCUT2D eigenvalue weighted by molar-refractivity contribution is 5.16. The third-order valence-corrected chi connectivity index (χ3v) is 3.72. The molecule has 1 saturated carbocycles. The number of benzene rings is 1. The maximum absolute atomic E-state index is 10.6. The van der Waals surface area contributed by atoms with E-state index in [-0.39, 0.29) is 11.0 Å². The molecule has 1 aliphatic heterocycles. The van der Waals surface area contributed by atoms with Crippen molar-refractivity contribution in [2.45, 2.75) is 12.6 Å². The second-order valence-corrected chi connectivity index (χ2v) is 4.78. The summed E-state index contributed by atoms with van der Waals surface area (Å²) in [5, 5.41) is 10.6. The zero-order valence-electron chi connectivity index (χ0n) is 8.95. The molecule has 0 aromatic heterocycles. The average Bonchev–Trinajstić information content (AvgIpc) is 2.79. The molecule has 1 aliphatic carbocycles. The highest BCUT2D eigenvalue weighted by Crippen LogP contribution is 2.47. The van der Waals surface area contributed by atoms with Gasteiger partial charge in [-0.25, -0.2) is 0 Å². The third-order valence-electron chi connectivity index (χ3n) is 3.72.